The molecule has 2 aromatic rings. The van der Waals surface area contributed by atoms with Gasteiger partial charge in [-0.05, 0) is 42.3 Å². The van der Waals surface area contributed by atoms with E-state index in [4.69, 9.17) is 10.5 Å². The number of methoxy groups -OCH3 is 1. The highest BCUT2D eigenvalue weighted by Crippen LogP contribution is 2.19. The van der Waals surface area contributed by atoms with Crippen molar-refractivity contribution in [2.45, 2.75) is 19.5 Å². The Hall–Kier alpha value is -2.33. The number of benzene rings is 2. The third-order valence-corrected chi connectivity index (χ3v) is 3.39. The molecule has 0 saturated heterocycles. The summed E-state index contributed by atoms with van der Waals surface area (Å²) in [6.07, 6.45) is 0. The zero-order chi connectivity index (χ0) is 15.2. The van der Waals surface area contributed by atoms with Crippen LogP contribution in [0.15, 0.2) is 48.5 Å². The maximum Gasteiger partial charge on any atom is 0.251 e. The number of amides is 1. The normalized spacial score (nSPS) is 11.8. The Labute approximate surface area is 124 Å². The van der Waals surface area contributed by atoms with Crippen LogP contribution in [-0.2, 0) is 6.54 Å². The van der Waals surface area contributed by atoms with Crippen LogP contribution >= 0.6 is 0 Å². The summed E-state index contributed by atoms with van der Waals surface area (Å²) in [5.74, 6) is 0.676. The SMILES string of the molecule is COc1cccc(C(C)NC(=O)c2ccc(CN)cc2)c1. The van der Waals surface area contributed by atoms with Gasteiger partial charge in [0.2, 0.25) is 0 Å². The molecule has 0 aliphatic rings. The van der Waals surface area contributed by atoms with Crippen LogP contribution in [0.5, 0.6) is 5.75 Å². The molecule has 3 N–H and O–H groups in total. The van der Waals surface area contributed by atoms with E-state index < -0.39 is 0 Å². The van der Waals surface area contributed by atoms with Gasteiger partial charge in [0.05, 0.1) is 13.2 Å². The van der Waals surface area contributed by atoms with Crippen molar-refractivity contribution in [3.8, 4) is 5.75 Å². The van der Waals surface area contributed by atoms with Gasteiger partial charge in [0.25, 0.3) is 5.91 Å². The molecule has 0 heterocycles. The van der Waals surface area contributed by atoms with E-state index in [1.165, 1.54) is 0 Å². The van der Waals surface area contributed by atoms with Crippen LogP contribution in [0.4, 0.5) is 0 Å². The van der Waals surface area contributed by atoms with E-state index >= 15 is 0 Å². The van der Waals surface area contributed by atoms with Gasteiger partial charge < -0.3 is 15.8 Å². The summed E-state index contributed by atoms with van der Waals surface area (Å²) in [5, 5.41) is 2.98. The molecule has 4 nitrogen and oxygen atoms in total. The summed E-state index contributed by atoms with van der Waals surface area (Å²) in [7, 11) is 1.63. The minimum Gasteiger partial charge on any atom is -0.497 e. The van der Waals surface area contributed by atoms with Crippen molar-refractivity contribution in [2.75, 3.05) is 7.11 Å². The monoisotopic (exact) mass is 284 g/mol. The number of hydrogen-bond donors (Lipinski definition) is 2. The second-order valence-corrected chi connectivity index (χ2v) is 4.87. The van der Waals surface area contributed by atoms with Crippen molar-refractivity contribution < 1.29 is 9.53 Å². The average molecular weight is 284 g/mol. The Kier molecular flexibility index (Phi) is 4.95. The van der Waals surface area contributed by atoms with E-state index in [0.717, 1.165) is 16.9 Å². The molecule has 0 radical (unpaired) electrons. The summed E-state index contributed by atoms with van der Waals surface area (Å²) in [5.41, 5.74) is 8.18. The molecular formula is C17H20N2O2. The van der Waals surface area contributed by atoms with E-state index in [1.807, 2.05) is 43.3 Å². The third kappa shape index (κ3) is 3.83. The first-order valence-electron chi connectivity index (χ1n) is 6.88. The van der Waals surface area contributed by atoms with Gasteiger partial charge in [-0.25, -0.2) is 0 Å². The Morgan fingerprint density at radius 3 is 2.57 bits per heavy atom. The molecule has 0 fully saturated rings. The minimum atomic E-state index is -0.103. The predicted octanol–water partition coefficient (Wildman–Crippen LogP) is 2.64. The van der Waals surface area contributed by atoms with Crippen LogP contribution in [0.2, 0.25) is 0 Å². The van der Waals surface area contributed by atoms with Gasteiger partial charge in [0, 0.05) is 12.1 Å². The summed E-state index contributed by atoms with van der Waals surface area (Å²) in [4.78, 5) is 12.2. The standard InChI is InChI=1S/C17H20N2O2/c1-12(15-4-3-5-16(10-15)21-2)19-17(20)14-8-6-13(11-18)7-9-14/h3-10,12H,11,18H2,1-2H3,(H,19,20). The molecule has 0 spiro atoms. The van der Waals surface area contributed by atoms with Crippen LogP contribution in [0.3, 0.4) is 0 Å². The van der Waals surface area contributed by atoms with Crippen LogP contribution in [0, 0.1) is 0 Å². The molecule has 1 amide bonds. The van der Waals surface area contributed by atoms with Crippen molar-refractivity contribution in [1.29, 1.82) is 0 Å². The molecule has 0 saturated carbocycles. The number of hydrogen-bond acceptors (Lipinski definition) is 3. The van der Waals surface area contributed by atoms with E-state index in [1.54, 1.807) is 19.2 Å². The Balaban J connectivity index is 2.06. The van der Waals surface area contributed by atoms with Crippen molar-refractivity contribution in [1.82, 2.24) is 5.32 Å². The van der Waals surface area contributed by atoms with Gasteiger partial charge in [-0.2, -0.15) is 0 Å². The summed E-state index contributed by atoms with van der Waals surface area (Å²) in [6, 6.07) is 14.9. The maximum absolute atomic E-state index is 12.2. The highest BCUT2D eigenvalue weighted by Gasteiger charge is 2.11. The lowest BCUT2D eigenvalue weighted by molar-refractivity contribution is 0.0940. The zero-order valence-electron chi connectivity index (χ0n) is 12.3. The fourth-order valence-corrected chi connectivity index (χ4v) is 2.07. The quantitative estimate of drug-likeness (QED) is 0.887. The van der Waals surface area contributed by atoms with Crippen LogP contribution in [0.1, 0.15) is 34.5 Å². The van der Waals surface area contributed by atoms with Gasteiger partial charge in [0.15, 0.2) is 0 Å². The highest BCUT2D eigenvalue weighted by molar-refractivity contribution is 5.94. The number of nitrogens with two attached hydrogens (primary N) is 1. The largest absolute Gasteiger partial charge is 0.497 e. The molecule has 110 valence electrons. The first-order chi connectivity index (χ1) is 10.1. The van der Waals surface area contributed by atoms with E-state index in [2.05, 4.69) is 5.32 Å². The lowest BCUT2D eigenvalue weighted by atomic mass is 10.1. The van der Waals surface area contributed by atoms with Gasteiger partial charge in [0.1, 0.15) is 5.75 Å². The molecule has 0 aliphatic carbocycles. The lowest BCUT2D eigenvalue weighted by Gasteiger charge is -2.15. The van der Waals surface area contributed by atoms with Gasteiger partial charge in [-0.3, -0.25) is 4.79 Å². The fraction of sp³-hybridized carbons (Fsp3) is 0.235. The Morgan fingerprint density at radius 1 is 1.24 bits per heavy atom. The minimum absolute atomic E-state index is 0.0956. The lowest BCUT2D eigenvalue weighted by Crippen LogP contribution is -2.26. The second kappa shape index (κ2) is 6.90. The van der Waals surface area contributed by atoms with E-state index in [-0.39, 0.29) is 11.9 Å². The van der Waals surface area contributed by atoms with Crippen LogP contribution in [0.25, 0.3) is 0 Å². The number of rotatable bonds is 5. The first-order valence-corrected chi connectivity index (χ1v) is 6.88. The van der Waals surface area contributed by atoms with Gasteiger partial charge >= 0.3 is 0 Å². The molecule has 1 atom stereocenters. The fourth-order valence-electron chi connectivity index (χ4n) is 2.07. The zero-order valence-corrected chi connectivity index (χ0v) is 12.3. The smallest absolute Gasteiger partial charge is 0.251 e. The third-order valence-electron chi connectivity index (χ3n) is 3.39. The number of carbonyl (C=O) groups excluding carboxylic acids is 1. The molecule has 2 rings (SSSR count). The van der Waals surface area contributed by atoms with Crippen molar-refractivity contribution in [3.05, 3.63) is 65.2 Å². The molecule has 21 heavy (non-hydrogen) atoms. The predicted molar refractivity (Wildman–Crippen MR) is 83.2 cm³/mol. The summed E-state index contributed by atoms with van der Waals surface area (Å²) < 4.78 is 5.20. The Bertz CT molecular complexity index is 608. The number of nitrogens with one attached hydrogen (secondary N) is 1. The first kappa shape index (κ1) is 15.1. The molecule has 0 aromatic heterocycles. The summed E-state index contributed by atoms with van der Waals surface area (Å²) in [6.45, 7) is 2.42. The highest BCUT2D eigenvalue weighted by atomic mass is 16.5. The van der Waals surface area contributed by atoms with E-state index in [0.29, 0.717) is 12.1 Å². The molecule has 2 aromatic carbocycles. The van der Waals surface area contributed by atoms with Crippen molar-refractivity contribution in [2.24, 2.45) is 5.73 Å². The molecular weight excluding hydrogens is 264 g/mol. The number of carbonyl (C=O) groups is 1. The van der Waals surface area contributed by atoms with Gasteiger partial charge in [-0.1, -0.05) is 24.3 Å². The Morgan fingerprint density at radius 2 is 1.95 bits per heavy atom. The average Bonchev–Trinajstić information content (AvgIpc) is 2.54. The molecule has 0 aliphatic heterocycles. The molecule has 1 unspecified atom stereocenters. The topological polar surface area (TPSA) is 64.3 Å². The van der Waals surface area contributed by atoms with Gasteiger partial charge in [-0.15, -0.1) is 0 Å². The maximum atomic E-state index is 12.2. The second-order valence-electron chi connectivity index (χ2n) is 4.87. The van der Waals surface area contributed by atoms with Crippen LogP contribution in [-0.4, -0.2) is 13.0 Å². The molecule has 0 bridgehead atoms. The summed E-state index contributed by atoms with van der Waals surface area (Å²) >= 11 is 0. The van der Waals surface area contributed by atoms with Crippen molar-refractivity contribution in [3.63, 3.8) is 0 Å². The van der Waals surface area contributed by atoms with E-state index in [9.17, 15) is 4.79 Å². The number of ether oxygens (including phenoxy) is 1. The van der Waals surface area contributed by atoms with Crippen molar-refractivity contribution >= 4 is 5.91 Å². The molecule has 4 heteroatoms. The van der Waals surface area contributed by atoms with Crippen LogP contribution < -0.4 is 15.8 Å².